The van der Waals surface area contributed by atoms with Gasteiger partial charge >= 0.3 is 0 Å². The van der Waals surface area contributed by atoms with Crippen LogP contribution in [0.3, 0.4) is 0 Å². The van der Waals surface area contributed by atoms with E-state index < -0.39 is 11.8 Å². The van der Waals surface area contributed by atoms with Crippen molar-refractivity contribution in [1.29, 1.82) is 0 Å². The molecule has 1 amide bonds. The van der Waals surface area contributed by atoms with Crippen LogP contribution in [0, 0.1) is 11.3 Å². The summed E-state index contributed by atoms with van der Waals surface area (Å²) in [6, 6.07) is 10.9. The van der Waals surface area contributed by atoms with Gasteiger partial charge in [0.1, 0.15) is 5.82 Å². The fourth-order valence-electron chi connectivity index (χ4n) is 4.50. The van der Waals surface area contributed by atoms with Gasteiger partial charge in [0.2, 0.25) is 5.91 Å². The molecule has 1 N–H and O–H groups in total. The summed E-state index contributed by atoms with van der Waals surface area (Å²) in [5.74, 6) is -0.822. The average molecular weight is 501 g/mol. The molecule has 0 saturated carbocycles. The first-order chi connectivity index (χ1) is 14.6. The second-order valence-corrected chi connectivity index (χ2v) is 10.3. The van der Waals surface area contributed by atoms with Crippen LogP contribution in [0.25, 0.3) is 0 Å². The van der Waals surface area contributed by atoms with Crippen molar-refractivity contribution in [3.05, 3.63) is 68.9 Å². The van der Waals surface area contributed by atoms with Crippen molar-refractivity contribution >= 4 is 50.8 Å². The summed E-state index contributed by atoms with van der Waals surface area (Å²) < 4.78 is 0.822. The summed E-state index contributed by atoms with van der Waals surface area (Å²) in [4.78, 5) is 35.7. The van der Waals surface area contributed by atoms with Gasteiger partial charge in [0, 0.05) is 45.0 Å². The van der Waals surface area contributed by atoms with E-state index >= 15 is 0 Å². The van der Waals surface area contributed by atoms with Gasteiger partial charge in [-0.15, -0.1) is 0 Å². The SMILES string of the molecule is CC1=NC2=C(C(=O)CC(C)(C)C2)[C@H](c2cccc(Cl)c2)C1C(=O)Nc1ccc(Br)cn1. The van der Waals surface area contributed by atoms with E-state index in [4.69, 9.17) is 16.6 Å². The number of aromatic nitrogens is 1. The molecule has 31 heavy (non-hydrogen) atoms. The highest BCUT2D eigenvalue weighted by Crippen LogP contribution is 2.48. The predicted octanol–water partition coefficient (Wildman–Crippen LogP) is 5.95. The summed E-state index contributed by atoms with van der Waals surface area (Å²) >= 11 is 9.63. The van der Waals surface area contributed by atoms with Crippen molar-refractivity contribution < 1.29 is 9.59 Å². The molecule has 2 heterocycles. The van der Waals surface area contributed by atoms with Gasteiger partial charge in [0.25, 0.3) is 0 Å². The van der Waals surface area contributed by atoms with Crippen LogP contribution in [0.1, 0.15) is 45.1 Å². The Labute approximate surface area is 195 Å². The van der Waals surface area contributed by atoms with Crippen LogP contribution < -0.4 is 5.32 Å². The number of anilines is 1. The Morgan fingerprint density at radius 3 is 2.68 bits per heavy atom. The molecule has 2 aromatic rings. The van der Waals surface area contributed by atoms with E-state index in [0.29, 0.717) is 35.0 Å². The van der Waals surface area contributed by atoms with Gasteiger partial charge in [-0.1, -0.05) is 37.6 Å². The zero-order chi connectivity index (χ0) is 22.3. The monoisotopic (exact) mass is 499 g/mol. The number of benzene rings is 1. The molecule has 1 aliphatic heterocycles. The number of nitrogens with zero attached hydrogens (tertiary/aromatic N) is 2. The summed E-state index contributed by atoms with van der Waals surface area (Å²) in [5, 5.41) is 3.46. The number of Topliss-reactive ketones (excluding diaryl/α,β-unsaturated/α-hetero) is 1. The lowest BCUT2D eigenvalue weighted by Crippen LogP contribution is -2.41. The number of rotatable bonds is 3. The molecule has 1 aliphatic carbocycles. The van der Waals surface area contributed by atoms with Gasteiger partial charge in [0.15, 0.2) is 5.78 Å². The summed E-state index contributed by atoms with van der Waals surface area (Å²) in [6.07, 6.45) is 2.75. The summed E-state index contributed by atoms with van der Waals surface area (Å²) in [7, 11) is 0. The molecule has 1 aromatic carbocycles. The zero-order valence-corrected chi connectivity index (χ0v) is 19.9. The first kappa shape index (κ1) is 21.9. The highest BCUT2D eigenvalue weighted by molar-refractivity contribution is 9.10. The van der Waals surface area contributed by atoms with E-state index in [1.165, 1.54) is 0 Å². The standard InChI is InChI=1S/C24H23BrClN3O2/c1-13-20(23(31)29-19-8-7-15(25)12-27-19)21(14-5-4-6-16(26)9-14)22-17(28-13)10-24(2,3)11-18(22)30/h4-9,12,20-21H,10-11H2,1-3H3,(H,27,29,31)/t20?,21-/m1/s1. The number of allylic oxidation sites excluding steroid dienone is 2. The molecule has 1 aromatic heterocycles. The topological polar surface area (TPSA) is 71.4 Å². The summed E-state index contributed by atoms with van der Waals surface area (Å²) in [5.41, 5.74) is 2.79. The number of pyridine rings is 1. The molecule has 0 radical (unpaired) electrons. The fraction of sp³-hybridized carbons (Fsp3) is 0.333. The maximum atomic E-state index is 13.4. The number of aliphatic imine (C=N–C) groups is 1. The number of carbonyl (C=O) groups is 2. The quantitative estimate of drug-likeness (QED) is 0.566. The van der Waals surface area contributed by atoms with E-state index in [-0.39, 0.29) is 17.1 Å². The number of hydrogen-bond acceptors (Lipinski definition) is 4. The molecule has 0 spiro atoms. The molecule has 1 unspecified atom stereocenters. The van der Waals surface area contributed by atoms with Gasteiger partial charge in [0.05, 0.1) is 5.92 Å². The predicted molar refractivity (Wildman–Crippen MR) is 126 cm³/mol. The minimum absolute atomic E-state index is 0.0482. The number of carbonyl (C=O) groups excluding carboxylic acids is 2. The van der Waals surface area contributed by atoms with Crippen molar-refractivity contribution in [1.82, 2.24) is 4.98 Å². The van der Waals surface area contributed by atoms with Gasteiger partial charge in [-0.05, 0) is 64.5 Å². The summed E-state index contributed by atoms with van der Waals surface area (Å²) in [6.45, 7) is 6.00. The molecule has 0 bridgehead atoms. The molecular weight excluding hydrogens is 478 g/mol. The lowest BCUT2D eigenvalue weighted by Gasteiger charge is -2.39. The third-order valence-electron chi connectivity index (χ3n) is 5.77. The molecule has 0 fully saturated rings. The van der Waals surface area contributed by atoms with Gasteiger partial charge in [-0.3, -0.25) is 14.6 Å². The van der Waals surface area contributed by atoms with E-state index in [9.17, 15) is 9.59 Å². The zero-order valence-electron chi connectivity index (χ0n) is 17.6. The molecular formula is C24H23BrClN3O2. The van der Waals surface area contributed by atoms with Crippen LogP contribution in [0.15, 0.2) is 63.3 Å². The Morgan fingerprint density at radius 2 is 2.00 bits per heavy atom. The first-order valence-corrected chi connectivity index (χ1v) is 11.3. The second kappa shape index (κ2) is 8.32. The van der Waals surface area contributed by atoms with Crippen molar-refractivity contribution in [3.63, 3.8) is 0 Å². The van der Waals surface area contributed by atoms with Gasteiger partial charge in [-0.2, -0.15) is 0 Å². The maximum absolute atomic E-state index is 13.4. The van der Waals surface area contributed by atoms with Crippen LogP contribution in [0.5, 0.6) is 0 Å². The van der Waals surface area contributed by atoms with Crippen LogP contribution >= 0.6 is 27.5 Å². The number of amides is 1. The molecule has 2 aliphatic rings. The molecule has 4 rings (SSSR count). The van der Waals surface area contributed by atoms with Crippen molar-refractivity contribution in [2.24, 2.45) is 16.3 Å². The van der Waals surface area contributed by atoms with Gasteiger partial charge in [-0.25, -0.2) is 4.98 Å². The minimum atomic E-state index is -0.632. The maximum Gasteiger partial charge on any atom is 0.235 e. The Kier molecular flexibility index (Phi) is 5.88. The Hall–Kier alpha value is -2.31. The number of ketones is 1. The Balaban J connectivity index is 1.79. The van der Waals surface area contributed by atoms with Crippen LogP contribution in [0.4, 0.5) is 5.82 Å². The van der Waals surface area contributed by atoms with Crippen LogP contribution in [-0.4, -0.2) is 22.4 Å². The van der Waals surface area contributed by atoms with Crippen LogP contribution in [-0.2, 0) is 9.59 Å². The molecule has 0 saturated heterocycles. The number of hydrogen-bond donors (Lipinski definition) is 1. The largest absolute Gasteiger partial charge is 0.310 e. The second-order valence-electron chi connectivity index (χ2n) is 8.92. The van der Waals surface area contributed by atoms with Crippen molar-refractivity contribution in [3.8, 4) is 0 Å². The Bertz CT molecular complexity index is 1120. The lowest BCUT2D eigenvalue weighted by molar-refractivity contribution is -0.119. The van der Waals surface area contributed by atoms with E-state index in [0.717, 1.165) is 15.7 Å². The third-order valence-corrected chi connectivity index (χ3v) is 6.48. The van der Waals surface area contributed by atoms with Gasteiger partial charge < -0.3 is 5.32 Å². The highest BCUT2D eigenvalue weighted by Gasteiger charge is 2.45. The molecule has 2 atom stereocenters. The minimum Gasteiger partial charge on any atom is -0.310 e. The van der Waals surface area contributed by atoms with E-state index in [1.54, 1.807) is 18.3 Å². The van der Waals surface area contributed by atoms with Crippen molar-refractivity contribution in [2.75, 3.05) is 5.32 Å². The molecule has 7 heteroatoms. The number of nitrogens with one attached hydrogen (secondary N) is 1. The van der Waals surface area contributed by atoms with Crippen molar-refractivity contribution in [2.45, 2.75) is 39.5 Å². The number of halogens is 2. The fourth-order valence-corrected chi connectivity index (χ4v) is 4.93. The molecule has 5 nitrogen and oxygen atoms in total. The van der Waals surface area contributed by atoms with Crippen LogP contribution in [0.2, 0.25) is 5.02 Å². The normalized spacial score (nSPS) is 22.6. The smallest absolute Gasteiger partial charge is 0.235 e. The highest BCUT2D eigenvalue weighted by atomic mass is 79.9. The first-order valence-electron chi connectivity index (χ1n) is 10.1. The average Bonchev–Trinajstić information content (AvgIpc) is 2.67. The molecule has 160 valence electrons. The Morgan fingerprint density at radius 1 is 1.23 bits per heavy atom. The third kappa shape index (κ3) is 4.51. The lowest BCUT2D eigenvalue weighted by atomic mass is 9.66. The van der Waals surface area contributed by atoms with E-state index in [2.05, 4.69) is 40.1 Å². The van der Waals surface area contributed by atoms with E-state index in [1.807, 2.05) is 31.2 Å².